The van der Waals surface area contributed by atoms with Crippen molar-refractivity contribution in [2.45, 2.75) is 19.4 Å². The van der Waals surface area contributed by atoms with Crippen molar-refractivity contribution in [3.8, 4) is 0 Å². The Labute approximate surface area is 195 Å². The van der Waals surface area contributed by atoms with Gasteiger partial charge in [0, 0.05) is 30.0 Å². The quantitative estimate of drug-likeness (QED) is 0.508. The van der Waals surface area contributed by atoms with E-state index < -0.39 is 5.82 Å². The fourth-order valence-corrected chi connectivity index (χ4v) is 3.96. The summed E-state index contributed by atoms with van der Waals surface area (Å²) in [5.41, 5.74) is 2.36. The van der Waals surface area contributed by atoms with E-state index in [2.05, 4.69) is 5.32 Å². The molecule has 0 bridgehead atoms. The molecular weight excluding hydrogens is 448 g/mol. The van der Waals surface area contributed by atoms with Gasteiger partial charge in [-0.3, -0.25) is 9.69 Å². The first kappa shape index (κ1) is 22.7. The van der Waals surface area contributed by atoms with Crippen LogP contribution in [0.1, 0.15) is 17.5 Å². The van der Waals surface area contributed by atoms with E-state index in [1.54, 1.807) is 58.3 Å². The lowest BCUT2D eigenvalue weighted by Gasteiger charge is -2.35. The molecule has 4 rings (SSSR count). The fourth-order valence-electron chi connectivity index (χ4n) is 3.76. The van der Waals surface area contributed by atoms with Crippen LogP contribution in [0.2, 0.25) is 5.02 Å². The molecule has 0 aliphatic carbocycles. The summed E-state index contributed by atoms with van der Waals surface area (Å²) in [5, 5.41) is 2.83. The van der Waals surface area contributed by atoms with Crippen LogP contribution in [0.4, 0.5) is 25.0 Å². The van der Waals surface area contributed by atoms with Crippen LogP contribution in [0.15, 0.2) is 66.7 Å². The van der Waals surface area contributed by atoms with Crippen LogP contribution in [0, 0.1) is 11.6 Å². The third-order valence-electron chi connectivity index (χ3n) is 5.44. The molecule has 1 N–H and O–H groups in total. The Morgan fingerprint density at radius 1 is 0.970 bits per heavy atom. The standard InChI is InChI=1S/C25H22ClF2N3O2/c26-22-4-1-3-18(24(22)28)16-30-13-2-14-31(25(30)33)21-11-9-20(10-12-21)29-23(32)15-17-5-7-19(27)8-6-17/h1,3-12H,2,13-16H2,(H,29,32). The van der Waals surface area contributed by atoms with Crippen molar-refractivity contribution in [2.75, 3.05) is 23.3 Å². The van der Waals surface area contributed by atoms with Crippen LogP contribution in [-0.4, -0.2) is 29.9 Å². The summed E-state index contributed by atoms with van der Waals surface area (Å²) in [6.07, 6.45) is 0.867. The maximum atomic E-state index is 14.3. The van der Waals surface area contributed by atoms with Gasteiger partial charge in [0.1, 0.15) is 11.6 Å². The molecule has 0 radical (unpaired) electrons. The molecule has 170 valence electrons. The van der Waals surface area contributed by atoms with Crippen LogP contribution in [0.25, 0.3) is 0 Å². The number of anilines is 2. The van der Waals surface area contributed by atoms with Gasteiger partial charge < -0.3 is 10.2 Å². The second-order valence-electron chi connectivity index (χ2n) is 7.82. The summed E-state index contributed by atoms with van der Waals surface area (Å²) in [6, 6.07) is 17.3. The van der Waals surface area contributed by atoms with Gasteiger partial charge in [-0.25, -0.2) is 13.6 Å². The van der Waals surface area contributed by atoms with E-state index in [1.165, 1.54) is 18.2 Å². The Morgan fingerprint density at radius 3 is 2.42 bits per heavy atom. The number of halogens is 3. The van der Waals surface area contributed by atoms with Crippen molar-refractivity contribution in [1.82, 2.24) is 4.90 Å². The molecule has 33 heavy (non-hydrogen) atoms. The number of hydrogen-bond acceptors (Lipinski definition) is 2. The van der Waals surface area contributed by atoms with Crippen molar-refractivity contribution >= 4 is 34.9 Å². The van der Waals surface area contributed by atoms with Crippen LogP contribution < -0.4 is 10.2 Å². The number of amides is 3. The van der Waals surface area contributed by atoms with Crippen LogP contribution in [-0.2, 0) is 17.8 Å². The number of benzene rings is 3. The highest BCUT2D eigenvalue weighted by Gasteiger charge is 2.27. The maximum Gasteiger partial charge on any atom is 0.324 e. The Kier molecular flexibility index (Phi) is 6.89. The van der Waals surface area contributed by atoms with E-state index in [4.69, 9.17) is 11.6 Å². The van der Waals surface area contributed by atoms with E-state index in [9.17, 15) is 18.4 Å². The third kappa shape index (κ3) is 5.49. The van der Waals surface area contributed by atoms with Gasteiger partial charge in [0.05, 0.1) is 18.0 Å². The summed E-state index contributed by atoms with van der Waals surface area (Å²) < 4.78 is 27.3. The summed E-state index contributed by atoms with van der Waals surface area (Å²) in [4.78, 5) is 28.5. The topological polar surface area (TPSA) is 52.7 Å². The predicted octanol–water partition coefficient (Wildman–Crippen LogP) is 5.63. The normalized spacial score (nSPS) is 13.8. The molecule has 0 atom stereocenters. The van der Waals surface area contributed by atoms with E-state index in [0.29, 0.717) is 35.6 Å². The summed E-state index contributed by atoms with van der Waals surface area (Å²) >= 11 is 5.86. The Morgan fingerprint density at radius 2 is 1.70 bits per heavy atom. The largest absolute Gasteiger partial charge is 0.326 e. The van der Waals surface area contributed by atoms with Gasteiger partial charge in [-0.1, -0.05) is 35.9 Å². The van der Waals surface area contributed by atoms with Gasteiger partial charge in [-0.15, -0.1) is 0 Å². The molecule has 1 aliphatic heterocycles. The molecule has 1 saturated heterocycles. The molecule has 0 aromatic heterocycles. The second kappa shape index (κ2) is 10.0. The van der Waals surface area contributed by atoms with Crippen LogP contribution in [0.3, 0.4) is 0 Å². The van der Waals surface area contributed by atoms with E-state index >= 15 is 0 Å². The summed E-state index contributed by atoms with van der Waals surface area (Å²) in [5.74, 6) is -1.08. The number of carbonyl (C=O) groups excluding carboxylic acids is 2. The zero-order valence-corrected chi connectivity index (χ0v) is 18.5. The number of rotatable bonds is 6. The number of nitrogens with one attached hydrogen (secondary N) is 1. The lowest BCUT2D eigenvalue weighted by molar-refractivity contribution is -0.115. The average Bonchev–Trinajstić information content (AvgIpc) is 2.80. The molecule has 0 saturated carbocycles. The van der Waals surface area contributed by atoms with Gasteiger partial charge in [0.15, 0.2) is 0 Å². The first-order chi connectivity index (χ1) is 15.9. The van der Waals surface area contributed by atoms with E-state index in [1.807, 2.05) is 0 Å². The minimum atomic E-state index is -0.509. The lowest BCUT2D eigenvalue weighted by atomic mass is 10.1. The van der Waals surface area contributed by atoms with Crippen molar-refractivity contribution in [1.29, 1.82) is 0 Å². The van der Waals surface area contributed by atoms with Crippen molar-refractivity contribution < 1.29 is 18.4 Å². The Hall–Kier alpha value is -3.45. The second-order valence-corrected chi connectivity index (χ2v) is 8.23. The molecule has 0 spiro atoms. The third-order valence-corrected chi connectivity index (χ3v) is 5.74. The SMILES string of the molecule is O=C(Cc1ccc(F)cc1)Nc1ccc(N2CCCN(Cc3cccc(Cl)c3F)C2=O)cc1. The Balaban J connectivity index is 1.39. The molecule has 3 aromatic rings. The van der Waals surface area contributed by atoms with Gasteiger partial charge in [0.25, 0.3) is 0 Å². The van der Waals surface area contributed by atoms with Crippen LogP contribution >= 0.6 is 11.6 Å². The molecular formula is C25H22ClF2N3O2. The molecule has 3 aromatic carbocycles. The molecule has 0 unspecified atom stereocenters. The highest BCUT2D eigenvalue weighted by Crippen LogP contribution is 2.25. The average molecular weight is 470 g/mol. The van der Waals surface area contributed by atoms with Crippen molar-refractivity contribution in [3.05, 3.63) is 94.5 Å². The number of urea groups is 1. The highest BCUT2D eigenvalue weighted by atomic mass is 35.5. The molecule has 1 heterocycles. The molecule has 1 aliphatic rings. The summed E-state index contributed by atoms with van der Waals surface area (Å²) in [7, 11) is 0. The Bertz CT molecular complexity index is 1150. The monoisotopic (exact) mass is 469 g/mol. The smallest absolute Gasteiger partial charge is 0.324 e. The zero-order chi connectivity index (χ0) is 23.4. The number of nitrogens with zero attached hydrogens (tertiary/aromatic N) is 2. The van der Waals surface area contributed by atoms with Gasteiger partial charge in [-0.2, -0.15) is 0 Å². The van der Waals surface area contributed by atoms with Gasteiger partial charge in [0.2, 0.25) is 5.91 Å². The minimum absolute atomic E-state index is 0.0332. The highest BCUT2D eigenvalue weighted by molar-refractivity contribution is 6.30. The minimum Gasteiger partial charge on any atom is -0.326 e. The van der Waals surface area contributed by atoms with Crippen LogP contribution in [0.5, 0.6) is 0 Å². The maximum absolute atomic E-state index is 14.3. The van der Waals surface area contributed by atoms with Crippen molar-refractivity contribution in [2.24, 2.45) is 0 Å². The predicted molar refractivity (Wildman–Crippen MR) is 124 cm³/mol. The number of hydrogen-bond donors (Lipinski definition) is 1. The van der Waals surface area contributed by atoms with E-state index in [0.717, 1.165) is 6.42 Å². The van der Waals surface area contributed by atoms with Gasteiger partial charge >= 0.3 is 6.03 Å². The number of carbonyl (C=O) groups is 2. The lowest BCUT2D eigenvalue weighted by Crippen LogP contribution is -2.49. The molecule has 8 heteroatoms. The fraction of sp³-hybridized carbons (Fsp3) is 0.200. The molecule has 5 nitrogen and oxygen atoms in total. The molecule has 1 fully saturated rings. The zero-order valence-electron chi connectivity index (χ0n) is 17.7. The molecule has 3 amide bonds. The van der Waals surface area contributed by atoms with Gasteiger partial charge in [-0.05, 0) is 54.4 Å². The van der Waals surface area contributed by atoms with E-state index in [-0.39, 0.29) is 35.7 Å². The first-order valence-corrected chi connectivity index (χ1v) is 10.9. The first-order valence-electron chi connectivity index (χ1n) is 10.5. The van der Waals surface area contributed by atoms with Crippen molar-refractivity contribution in [3.63, 3.8) is 0 Å². The summed E-state index contributed by atoms with van der Waals surface area (Å²) in [6.45, 7) is 1.21.